The number of rotatable bonds is 5. The zero-order valence-electron chi connectivity index (χ0n) is 20.8. The molecule has 0 aromatic heterocycles. The third kappa shape index (κ3) is 5.84. The van der Waals surface area contributed by atoms with E-state index in [2.05, 4.69) is 10.2 Å². The Morgan fingerprint density at radius 3 is 2.23 bits per heavy atom. The van der Waals surface area contributed by atoms with Crippen molar-refractivity contribution in [3.8, 4) is 5.75 Å². The van der Waals surface area contributed by atoms with Crippen LogP contribution >= 0.6 is 0 Å². The Bertz CT molecular complexity index is 1060. The number of carbonyl (C=O) groups is 3. The van der Waals surface area contributed by atoms with Crippen LogP contribution in [-0.4, -0.2) is 43.0 Å². The minimum atomic E-state index is -0.853. The van der Waals surface area contributed by atoms with Crippen LogP contribution < -0.4 is 19.9 Å². The molecule has 1 N–H and O–H groups in total. The predicted octanol–water partition coefficient (Wildman–Crippen LogP) is 4.94. The van der Waals surface area contributed by atoms with E-state index in [0.717, 1.165) is 31.4 Å². The van der Waals surface area contributed by atoms with Gasteiger partial charge >= 0.3 is 6.09 Å². The van der Waals surface area contributed by atoms with Gasteiger partial charge in [0.15, 0.2) is 5.78 Å². The van der Waals surface area contributed by atoms with E-state index in [-0.39, 0.29) is 24.3 Å². The maximum Gasteiger partial charge on any atom is 0.413 e. The van der Waals surface area contributed by atoms with E-state index in [4.69, 9.17) is 4.74 Å². The number of benzene rings is 2. The first kappa shape index (κ1) is 24.8. The number of hydrogen-bond acceptors (Lipinski definition) is 5. The zero-order valence-corrected chi connectivity index (χ0v) is 20.8. The maximum absolute atomic E-state index is 13.9. The number of amides is 2. The average molecular weight is 478 g/mol. The summed E-state index contributed by atoms with van der Waals surface area (Å²) in [6.45, 7) is 5.83. The summed E-state index contributed by atoms with van der Waals surface area (Å²) < 4.78 is 5.43. The largest absolute Gasteiger partial charge is 0.413 e. The Balaban J connectivity index is 1.67. The SMILES string of the molecule is CC(C)(C)C(=O)CN1C(=O)C(NC(=O)Oc2ccccc2)CN(C2CCCCC2)c2ccccc21. The Morgan fingerprint density at radius 1 is 0.943 bits per heavy atom. The van der Waals surface area contributed by atoms with E-state index in [0.29, 0.717) is 18.0 Å². The van der Waals surface area contributed by atoms with E-state index in [9.17, 15) is 14.4 Å². The number of fused-ring (bicyclic) bond motifs is 1. The van der Waals surface area contributed by atoms with Crippen molar-refractivity contribution in [2.45, 2.75) is 65.0 Å². The van der Waals surface area contributed by atoms with Gasteiger partial charge in [0.05, 0.1) is 17.9 Å². The predicted molar refractivity (Wildman–Crippen MR) is 137 cm³/mol. The third-order valence-electron chi connectivity index (χ3n) is 6.82. The number of hydrogen-bond donors (Lipinski definition) is 1. The van der Waals surface area contributed by atoms with Gasteiger partial charge in [-0.3, -0.25) is 9.59 Å². The van der Waals surface area contributed by atoms with Crippen LogP contribution in [0.2, 0.25) is 0 Å². The molecule has 7 heteroatoms. The molecule has 1 aliphatic carbocycles. The molecule has 186 valence electrons. The molecule has 0 radical (unpaired) electrons. The Hall–Kier alpha value is -3.35. The molecular weight excluding hydrogens is 442 g/mol. The molecule has 1 atom stereocenters. The second-order valence-electron chi connectivity index (χ2n) is 10.4. The average Bonchev–Trinajstić information content (AvgIpc) is 2.95. The third-order valence-corrected chi connectivity index (χ3v) is 6.82. The van der Waals surface area contributed by atoms with Crippen LogP contribution in [0.1, 0.15) is 52.9 Å². The molecule has 2 aliphatic rings. The molecule has 1 unspecified atom stereocenters. The van der Waals surface area contributed by atoms with Crippen LogP contribution in [0.3, 0.4) is 0 Å². The van der Waals surface area contributed by atoms with Gasteiger partial charge in [0.25, 0.3) is 5.91 Å². The van der Waals surface area contributed by atoms with Gasteiger partial charge < -0.3 is 19.9 Å². The molecule has 0 spiro atoms. The summed E-state index contributed by atoms with van der Waals surface area (Å²) >= 11 is 0. The van der Waals surface area contributed by atoms with Gasteiger partial charge in [0.1, 0.15) is 11.8 Å². The van der Waals surface area contributed by atoms with Crippen molar-refractivity contribution >= 4 is 29.2 Å². The van der Waals surface area contributed by atoms with Crippen molar-refractivity contribution in [1.82, 2.24) is 5.32 Å². The Kier molecular flexibility index (Phi) is 7.43. The summed E-state index contributed by atoms with van der Waals surface area (Å²) in [5.74, 6) is 0.0500. The van der Waals surface area contributed by atoms with Crippen LogP contribution in [0.15, 0.2) is 54.6 Å². The topological polar surface area (TPSA) is 79.0 Å². The summed E-state index contributed by atoms with van der Waals surface area (Å²) in [7, 11) is 0. The first-order chi connectivity index (χ1) is 16.7. The van der Waals surface area contributed by atoms with Gasteiger partial charge in [-0.05, 0) is 37.1 Å². The van der Waals surface area contributed by atoms with Crippen LogP contribution in [0.5, 0.6) is 5.75 Å². The lowest BCUT2D eigenvalue weighted by Crippen LogP contribution is -2.55. The molecule has 2 aromatic rings. The monoisotopic (exact) mass is 477 g/mol. The van der Waals surface area contributed by atoms with E-state index < -0.39 is 17.6 Å². The van der Waals surface area contributed by atoms with Crippen LogP contribution in [0.4, 0.5) is 16.2 Å². The van der Waals surface area contributed by atoms with Gasteiger partial charge in [-0.2, -0.15) is 0 Å². The Morgan fingerprint density at radius 2 is 1.57 bits per heavy atom. The number of Topliss-reactive ketones (excluding diaryl/α,β-unsaturated/α-hetero) is 1. The first-order valence-electron chi connectivity index (χ1n) is 12.5. The van der Waals surface area contributed by atoms with Gasteiger partial charge in [0, 0.05) is 18.0 Å². The number of anilines is 2. The van der Waals surface area contributed by atoms with E-state index >= 15 is 0 Å². The van der Waals surface area contributed by atoms with E-state index in [1.54, 1.807) is 29.2 Å². The standard InChI is InChI=1S/C28H35N3O4/c1-28(2,3)25(32)19-31-24-17-11-10-16-23(24)30(20-12-6-4-7-13-20)18-22(26(31)33)29-27(34)35-21-14-8-5-9-15-21/h5,8-11,14-17,20,22H,4,6-7,12-13,18-19H2,1-3H3,(H,29,34). The fraction of sp³-hybridized carbons (Fsp3) is 0.464. The van der Waals surface area contributed by atoms with Crippen molar-refractivity contribution in [3.05, 3.63) is 54.6 Å². The number of nitrogens with zero attached hydrogens (tertiary/aromatic N) is 2. The second kappa shape index (κ2) is 10.5. The number of para-hydroxylation sites is 3. The normalized spacial score (nSPS) is 19.1. The highest BCUT2D eigenvalue weighted by atomic mass is 16.6. The van der Waals surface area contributed by atoms with Crippen molar-refractivity contribution in [3.63, 3.8) is 0 Å². The number of nitrogens with one attached hydrogen (secondary N) is 1. The molecule has 0 saturated heterocycles. The number of carbonyl (C=O) groups excluding carboxylic acids is 3. The number of ether oxygens (including phenoxy) is 1. The molecule has 2 amide bonds. The maximum atomic E-state index is 13.9. The fourth-order valence-corrected chi connectivity index (χ4v) is 4.77. The molecule has 1 saturated carbocycles. The van der Waals surface area contributed by atoms with Crippen molar-refractivity contribution in [2.75, 3.05) is 22.9 Å². The second-order valence-corrected chi connectivity index (χ2v) is 10.4. The summed E-state index contributed by atoms with van der Waals surface area (Å²) in [5.41, 5.74) is 1.04. The Labute approximate surface area is 207 Å². The van der Waals surface area contributed by atoms with Crippen molar-refractivity contribution in [1.29, 1.82) is 0 Å². The lowest BCUT2D eigenvalue weighted by molar-refractivity contribution is -0.127. The van der Waals surface area contributed by atoms with E-state index in [1.165, 1.54) is 6.42 Å². The van der Waals surface area contributed by atoms with Gasteiger partial charge in [-0.1, -0.05) is 70.4 Å². The smallest absolute Gasteiger partial charge is 0.410 e. The summed E-state index contributed by atoms with van der Waals surface area (Å²) in [4.78, 5) is 43.5. The first-order valence-corrected chi connectivity index (χ1v) is 12.5. The van der Waals surface area contributed by atoms with Crippen LogP contribution in [0, 0.1) is 5.41 Å². The fourth-order valence-electron chi connectivity index (χ4n) is 4.77. The molecule has 1 aliphatic heterocycles. The molecule has 1 heterocycles. The molecule has 7 nitrogen and oxygen atoms in total. The molecule has 35 heavy (non-hydrogen) atoms. The minimum Gasteiger partial charge on any atom is -0.410 e. The molecular formula is C28H35N3O4. The lowest BCUT2D eigenvalue weighted by atomic mass is 9.90. The molecule has 1 fully saturated rings. The van der Waals surface area contributed by atoms with Gasteiger partial charge in [-0.15, -0.1) is 0 Å². The summed E-state index contributed by atoms with van der Waals surface area (Å²) in [6, 6.07) is 15.9. The van der Waals surface area contributed by atoms with Gasteiger partial charge in [0.2, 0.25) is 0 Å². The molecule has 2 aromatic carbocycles. The summed E-state index contributed by atoms with van der Waals surface area (Å²) in [5, 5.41) is 2.80. The lowest BCUT2D eigenvalue weighted by Gasteiger charge is -2.37. The van der Waals surface area contributed by atoms with Crippen molar-refractivity contribution in [2.24, 2.45) is 5.41 Å². The highest BCUT2D eigenvalue weighted by Crippen LogP contribution is 2.37. The van der Waals surface area contributed by atoms with Crippen molar-refractivity contribution < 1.29 is 19.1 Å². The van der Waals surface area contributed by atoms with E-state index in [1.807, 2.05) is 51.1 Å². The highest BCUT2D eigenvalue weighted by molar-refractivity contribution is 6.07. The minimum absolute atomic E-state index is 0.0441. The van der Waals surface area contributed by atoms with Crippen LogP contribution in [0.25, 0.3) is 0 Å². The highest BCUT2D eigenvalue weighted by Gasteiger charge is 2.39. The molecule has 4 rings (SSSR count). The summed E-state index contributed by atoms with van der Waals surface area (Å²) in [6.07, 6.45) is 4.86. The molecule has 0 bridgehead atoms. The van der Waals surface area contributed by atoms with Crippen LogP contribution in [-0.2, 0) is 9.59 Å². The van der Waals surface area contributed by atoms with Gasteiger partial charge in [-0.25, -0.2) is 4.79 Å². The zero-order chi connectivity index (χ0) is 25.0. The quantitative estimate of drug-likeness (QED) is 0.660. The number of ketones is 1.